The number of rotatable bonds is 8. The summed E-state index contributed by atoms with van der Waals surface area (Å²) >= 11 is 0. The predicted octanol–water partition coefficient (Wildman–Crippen LogP) is 1.39. The molecule has 4 N–H and O–H groups in total. The third-order valence-corrected chi connectivity index (χ3v) is 3.23. The van der Waals surface area contributed by atoms with Gasteiger partial charge in [-0.2, -0.15) is 0 Å². The lowest BCUT2D eigenvalue weighted by molar-refractivity contribution is -0.124. The number of ether oxygens (including phenoxy) is 1. The van der Waals surface area contributed by atoms with E-state index in [1.165, 1.54) is 13.2 Å². The lowest BCUT2D eigenvalue weighted by atomic mass is 9.90. The lowest BCUT2D eigenvalue weighted by Gasteiger charge is -2.28. The minimum absolute atomic E-state index is 0.0172. The van der Waals surface area contributed by atoms with Crippen molar-refractivity contribution in [1.29, 1.82) is 0 Å². The van der Waals surface area contributed by atoms with Gasteiger partial charge in [-0.1, -0.05) is 11.2 Å². The van der Waals surface area contributed by atoms with Gasteiger partial charge in [0.2, 0.25) is 5.91 Å². The van der Waals surface area contributed by atoms with E-state index in [9.17, 15) is 9.90 Å². The van der Waals surface area contributed by atoms with Gasteiger partial charge in [0.15, 0.2) is 11.5 Å². The summed E-state index contributed by atoms with van der Waals surface area (Å²) in [6.07, 6.45) is 0.572. The molecule has 0 aliphatic carbocycles. The Kier molecular flexibility index (Phi) is 5.83. The number of benzene rings is 1. The zero-order valence-corrected chi connectivity index (χ0v) is 12.0. The number of azide groups is 1. The molecule has 1 aromatic carbocycles. The maximum Gasteiger partial charge on any atom is 0.242 e. The Hall–Kier alpha value is -2.44. The molecular weight excluding hydrogens is 274 g/mol. The highest BCUT2D eigenvalue weighted by atomic mass is 16.5. The average molecular weight is 293 g/mol. The fourth-order valence-corrected chi connectivity index (χ4v) is 1.85. The SMILES string of the molecule is COc1cc(C(C)(NCCCN=[N+]=[N-])C(N)=O)ccc1O. The second kappa shape index (κ2) is 7.37. The van der Waals surface area contributed by atoms with Crippen molar-refractivity contribution in [2.75, 3.05) is 20.2 Å². The summed E-state index contributed by atoms with van der Waals surface area (Å²) in [5.74, 6) is -0.314. The van der Waals surface area contributed by atoms with E-state index in [1.54, 1.807) is 19.1 Å². The number of nitrogens with zero attached hydrogens (tertiary/aromatic N) is 3. The highest BCUT2D eigenvalue weighted by Gasteiger charge is 2.33. The third kappa shape index (κ3) is 4.01. The van der Waals surface area contributed by atoms with Gasteiger partial charge in [-0.05, 0) is 43.1 Å². The van der Waals surface area contributed by atoms with Gasteiger partial charge in [0.25, 0.3) is 0 Å². The molecule has 21 heavy (non-hydrogen) atoms. The molecule has 8 heteroatoms. The molecule has 0 radical (unpaired) electrons. The first-order valence-electron chi connectivity index (χ1n) is 6.39. The van der Waals surface area contributed by atoms with Gasteiger partial charge in [0.05, 0.1) is 7.11 Å². The second-order valence-electron chi connectivity index (χ2n) is 4.61. The molecule has 0 aliphatic rings. The van der Waals surface area contributed by atoms with Crippen molar-refractivity contribution in [2.45, 2.75) is 18.9 Å². The molecule has 0 fully saturated rings. The summed E-state index contributed by atoms with van der Waals surface area (Å²) in [7, 11) is 1.42. The maximum atomic E-state index is 11.8. The van der Waals surface area contributed by atoms with Gasteiger partial charge in [0.1, 0.15) is 5.54 Å². The van der Waals surface area contributed by atoms with E-state index in [0.29, 0.717) is 25.1 Å². The van der Waals surface area contributed by atoms with Crippen LogP contribution >= 0.6 is 0 Å². The normalized spacial score (nSPS) is 13.0. The molecule has 0 bridgehead atoms. The van der Waals surface area contributed by atoms with E-state index in [1.807, 2.05) is 0 Å². The molecule has 0 heterocycles. The van der Waals surface area contributed by atoms with E-state index < -0.39 is 11.4 Å². The Morgan fingerprint density at radius 1 is 1.62 bits per heavy atom. The standard InChI is InChI=1S/C13H19N5O3/c1-13(12(14)20,16-6-3-7-17-18-15)9-4-5-10(19)11(8-9)21-2/h4-5,8,16,19H,3,6-7H2,1-2H3,(H2,14,20). The zero-order chi connectivity index (χ0) is 15.9. The first-order chi connectivity index (χ1) is 9.95. The van der Waals surface area contributed by atoms with Crippen LogP contribution in [0, 0.1) is 0 Å². The fraction of sp³-hybridized carbons (Fsp3) is 0.462. The summed E-state index contributed by atoms with van der Waals surface area (Å²) < 4.78 is 5.03. The van der Waals surface area contributed by atoms with Crippen LogP contribution < -0.4 is 15.8 Å². The van der Waals surface area contributed by atoms with Gasteiger partial charge < -0.3 is 15.6 Å². The monoisotopic (exact) mass is 293 g/mol. The van der Waals surface area contributed by atoms with Crippen molar-refractivity contribution >= 4 is 5.91 Å². The topological polar surface area (TPSA) is 133 Å². The summed E-state index contributed by atoms with van der Waals surface area (Å²) in [6.45, 7) is 2.42. The van der Waals surface area contributed by atoms with Crippen LogP contribution in [0.15, 0.2) is 23.3 Å². The molecule has 0 aliphatic heterocycles. The molecule has 0 spiro atoms. The summed E-state index contributed by atoms with van der Waals surface area (Å²) in [4.78, 5) is 14.5. The molecule has 0 saturated heterocycles. The predicted molar refractivity (Wildman–Crippen MR) is 77.8 cm³/mol. The first kappa shape index (κ1) is 16.6. The number of aromatic hydroxyl groups is 1. The Morgan fingerprint density at radius 3 is 2.90 bits per heavy atom. The zero-order valence-electron chi connectivity index (χ0n) is 12.0. The molecule has 1 aromatic rings. The van der Waals surface area contributed by atoms with Gasteiger partial charge >= 0.3 is 0 Å². The Labute approximate surface area is 122 Å². The van der Waals surface area contributed by atoms with Gasteiger partial charge in [0, 0.05) is 11.5 Å². The number of carbonyl (C=O) groups excluding carboxylic acids is 1. The summed E-state index contributed by atoms with van der Waals surface area (Å²) in [5.41, 5.74) is 13.2. The molecule has 1 amide bonds. The molecule has 0 saturated carbocycles. The van der Waals surface area contributed by atoms with E-state index in [0.717, 1.165) is 0 Å². The molecule has 1 rings (SSSR count). The number of phenolic OH excluding ortho intramolecular Hbond substituents is 1. The maximum absolute atomic E-state index is 11.8. The van der Waals surface area contributed by atoms with Crippen molar-refractivity contribution in [3.63, 3.8) is 0 Å². The van der Waals surface area contributed by atoms with Crippen molar-refractivity contribution < 1.29 is 14.6 Å². The van der Waals surface area contributed by atoms with Crippen LogP contribution in [0.3, 0.4) is 0 Å². The van der Waals surface area contributed by atoms with E-state index in [2.05, 4.69) is 15.3 Å². The molecule has 8 nitrogen and oxygen atoms in total. The van der Waals surface area contributed by atoms with E-state index in [-0.39, 0.29) is 11.5 Å². The van der Waals surface area contributed by atoms with Gasteiger partial charge in [-0.25, -0.2) is 0 Å². The van der Waals surface area contributed by atoms with Gasteiger partial charge in [-0.15, -0.1) is 0 Å². The van der Waals surface area contributed by atoms with Crippen molar-refractivity contribution in [3.8, 4) is 11.5 Å². The van der Waals surface area contributed by atoms with E-state index in [4.69, 9.17) is 16.0 Å². The average Bonchev–Trinajstić information content (AvgIpc) is 2.47. The highest BCUT2D eigenvalue weighted by molar-refractivity contribution is 5.86. The number of phenols is 1. The number of nitrogens with one attached hydrogen (secondary N) is 1. The van der Waals surface area contributed by atoms with Crippen LogP contribution in [0.1, 0.15) is 18.9 Å². The van der Waals surface area contributed by atoms with Crippen molar-refractivity contribution in [2.24, 2.45) is 10.8 Å². The minimum atomic E-state index is -1.11. The number of hydrogen-bond acceptors (Lipinski definition) is 5. The summed E-state index contributed by atoms with van der Waals surface area (Å²) in [5, 5.41) is 16.1. The quantitative estimate of drug-likeness (QED) is 0.289. The summed E-state index contributed by atoms with van der Waals surface area (Å²) in [6, 6.07) is 4.60. The Morgan fingerprint density at radius 2 is 2.33 bits per heavy atom. The molecular formula is C13H19N5O3. The molecule has 0 aromatic heterocycles. The Balaban J connectivity index is 2.93. The highest BCUT2D eigenvalue weighted by Crippen LogP contribution is 2.31. The van der Waals surface area contributed by atoms with Crippen LogP contribution in [-0.2, 0) is 10.3 Å². The number of hydrogen-bond donors (Lipinski definition) is 3. The molecule has 1 atom stereocenters. The van der Waals surface area contributed by atoms with Crippen molar-refractivity contribution in [1.82, 2.24) is 5.32 Å². The van der Waals surface area contributed by atoms with E-state index >= 15 is 0 Å². The second-order valence-corrected chi connectivity index (χ2v) is 4.61. The van der Waals surface area contributed by atoms with Crippen molar-refractivity contribution in [3.05, 3.63) is 34.2 Å². The minimum Gasteiger partial charge on any atom is -0.504 e. The molecule has 114 valence electrons. The number of methoxy groups -OCH3 is 1. The molecule has 1 unspecified atom stereocenters. The lowest BCUT2D eigenvalue weighted by Crippen LogP contribution is -2.50. The van der Waals surface area contributed by atoms with Crippen LogP contribution in [-0.4, -0.2) is 31.2 Å². The van der Waals surface area contributed by atoms with Crippen LogP contribution in [0.2, 0.25) is 0 Å². The smallest absolute Gasteiger partial charge is 0.242 e. The first-order valence-corrected chi connectivity index (χ1v) is 6.39. The van der Waals surface area contributed by atoms with Crippen LogP contribution in [0.5, 0.6) is 11.5 Å². The fourth-order valence-electron chi connectivity index (χ4n) is 1.85. The number of primary amides is 1. The number of amides is 1. The van der Waals surface area contributed by atoms with Crippen LogP contribution in [0.25, 0.3) is 10.4 Å². The largest absolute Gasteiger partial charge is 0.504 e. The third-order valence-electron chi connectivity index (χ3n) is 3.23. The van der Waals surface area contributed by atoms with Crippen LogP contribution in [0.4, 0.5) is 0 Å². The Bertz CT molecular complexity index is 557. The van der Waals surface area contributed by atoms with Gasteiger partial charge in [-0.3, -0.25) is 10.1 Å². The number of nitrogens with two attached hydrogens (primary N) is 1. The number of carbonyl (C=O) groups is 1.